The minimum atomic E-state index is -0.156. The minimum Gasteiger partial charge on any atom is -0.326 e. The third-order valence-corrected chi connectivity index (χ3v) is 4.47. The lowest BCUT2D eigenvalue weighted by molar-refractivity contribution is -0.115. The monoisotopic (exact) mass is 372 g/mol. The highest BCUT2D eigenvalue weighted by molar-refractivity contribution is 6.04. The maximum atomic E-state index is 12.4. The molecule has 3 rings (SSSR count). The van der Waals surface area contributed by atoms with Crippen LogP contribution < -0.4 is 10.6 Å². The van der Waals surface area contributed by atoms with Crippen LogP contribution in [0, 0.1) is 0 Å². The van der Waals surface area contributed by atoms with Crippen molar-refractivity contribution in [1.29, 1.82) is 0 Å². The largest absolute Gasteiger partial charge is 0.326 e. The minimum absolute atomic E-state index is 0.0757. The molecule has 0 spiro atoms. The number of anilines is 2. The molecule has 4 nitrogen and oxygen atoms in total. The first kappa shape index (κ1) is 19.4. The van der Waals surface area contributed by atoms with E-state index in [1.165, 1.54) is 5.56 Å². The van der Waals surface area contributed by atoms with E-state index in [1.54, 1.807) is 24.3 Å². The van der Waals surface area contributed by atoms with Crippen LogP contribution in [-0.2, 0) is 11.2 Å². The fraction of sp³-hybridized carbons (Fsp3) is 0.167. The van der Waals surface area contributed by atoms with Crippen molar-refractivity contribution < 1.29 is 9.59 Å². The molecule has 0 heterocycles. The van der Waals surface area contributed by atoms with E-state index in [9.17, 15) is 9.59 Å². The average Bonchev–Trinajstić information content (AvgIpc) is 2.70. The van der Waals surface area contributed by atoms with E-state index in [4.69, 9.17) is 0 Å². The third kappa shape index (κ3) is 5.30. The van der Waals surface area contributed by atoms with Gasteiger partial charge in [0.1, 0.15) is 0 Å². The summed E-state index contributed by atoms with van der Waals surface area (Å²) in [6.07, 6.45) is 0.325. The predicted octanol–water partition coefficient (Wildman–Crippen LogP) is 5.24. The maximum absolute atomic E-state index is 12.4. The maximum Gasteiger partial charge on any atom is 0.255 e. The lowest BCUT2D eigenvalue weighted by atomic mass is 10.0. The van der Waals surface area contributed by atoms with E-state index >= 15 is 0 Å². The molecule has 0 saturated carbocycles. The zero-order chi connectivity index (χ0) is 19.9. The highest BCUT2D eigenvalue weighted by atomic mass is 16.2. The first-order chi connectivity index (χ1) is 13.5. The molecular formula is C24H24N2O2. The Hall–Kier alpha value is -3.40. The van der Waals surface area contributed by atoms with Gasteiger partial charge < -0.3 is 10.6 Å². The summed E-state index contributed by atoms with van der Waals surface area (Å²) >= 11 is 0. The Labute approximate surface area is 165 Å². The van der Waals surface area contributed by atoms with Crippen LogP contribution in [0.4, 0.5) is 11.4 Å². The molecule has 0 aromatic heterocycles. The Morgan fingerprint density at radius 3 is 1.89 bits per heavy atom. The van der Waals surface area contributed by atoms with Crippen molar-refractivity contribution >= 4 is 23.2 Å². The van der Waals surface area contributed by atoms with Gasteiger partial charge in [-0.05, 0) is 53.4 Å². The molecule has 0 saturated heterocycles. The number of carbonyl (C=O) groups excluding carboxylic acids is 2. The van der Waals surface area contributed by atoms with Crippen molar-refractivity contribution in [2.45, 2.75) is 26.2 Å². The molecule has 0 fully saturated rings. The molecule has 2 N–H and O–H groups in total. The lowest BCUT2D eigenvalue weighted by Gasteiger charge is -2.09. The zero-order valence-electron chi connectivity index (χ0n) is 16.1. The highest BCUT2D eigenvalue weighted by Crippen LogP contribution is 2.17. The van der Waals surface area contributed by atoms with E-state index in [0.717, 1.165) is 5.56 Å². The average molecular weight is 372 g/mol. The molecule has 0 radical (unpaired) electrons. The van der Waals surface area contributed by atoms with Crippen LogP contribution in [0.25, 0.3) is 0 Å². The number of benzene rings is 3. The fourth-order valence-corrected chi connectivity index (χ4v) is 2.85. The number of rotatable bonds is 6. The van der Waals surface area contributed by atoms with Gasteiger partial charge in [0.15, 0.2) is 0 Å². The number of amides is 2. The summed E-state index contributed by atoms with van der Waals surface area (Å²) in [6.45, 7) is 4.24. The third-order valence-electron chi connectivity index (χ3n) is 4.47. The fourth-order valence-electron chi connectivity index (χ4n) is 2.85. The van der Waals surface area contributed by atoms with E-state index < -0.39 is 0 Å². The van der Waals surface area contributed by atoms with Crippen LogP contribution >= 0.6 is 0 Å². The van der Waals surface area contributed by atoms with Gasteiger partial charge >= 0.3 is 0 Å². The zero-order valence-corrected chi connectivity index (χ0v) is 16.1. The topological polar surface area (TPSA) is 58.2 Å². The SMILES string of the molecule is CC(C)c1ccc(C(=O)Nc2ccc(NC(=O)Cc3ccccc3)cc2)cc1. The van der Waals surface area contributed by atoms with Crippen molar-refractivity contribution in [3.8, 4) is 0 Å². The molecule has 0 aliphatic rings. The van der Waals surface area contributed by atoms with E-state index in [-0.39, 0.29) is 11.8 Å². The quantitative estimate of drug-likeness (QED) is 0.621. The van der Waals surface area contributed by atoms with Crippen molar-refractivity contribution in [1.82, 2.24) is 0 Å². The summed E-state index contributed by atoms with van der Waals surface area (Å²) in [6, 6.07) is 24.3. The first-order valence-corrected chi connectivity index (χ1v) is 9.36. The molecule has 2 amide bonds. The second-order valence-electron chi connectivity index (χ2n) is 7.02. The van der Waals surface area contributed by atoms with E-state index in [0.29, 0.717) is 29.3 Å². The number of nitrogens with one attached hydrogen (secondary N) is 2. The summed E-state index contributed by atoms with van der Waals surface area (Å²) in [4.78, 5) is 24.5. The van der Waals surface area contributed by atoms with Gasteiger partial charge in [0.25, 0.3) is 5.91 Å². The number of hydrogen-bond acceptors (Lipinski definition) is 2. The molecule has 0 atom stereocenters. The van der Waals surface area contributed by atoms with Gasteiger partial charge in [0, 0.05) is 16.9 Å². The molecule has 28 heavy (non-hydrogen) atoms. The van der Waals surface area contributed by atoms with Gasteiger partial charge in [0.05, 0.1) is 6.42 Å². The number of carbonyl (C=O) groups is 2. The van der Waals surface area contributed by atoms with Crippen molar-refractivity contribution in [2.75, 3.05) is 10.6 Å². The van der Waals surface area contributed by atoms with Crippen LogP contribution in [0.5, 0.6) is 0 Å². The van der Waals surface area contributed by atoms with Crippen molar-refractivity contribution in [3.05, 3.63) is 95.6 Å². The van der Waals surface area contributed by atoms with Gasteiger partial charge in [-0.3, -0.25) is 9.59 Å². The molecule has 4 heteroatoms. The van der Waals surface area contributed by atoms with Gasteiger partial charge in [0.2, 0.25) is 5.91 Å². The Balaban J connectivity index is 1.56. The number of hydrogen-bond donors (Lipinski definition) is 2. The molecule has 3 aromatic rings. The summed E-state index contributed by atoms with van der Waals surface area (Å²) in [5.41, 5.74) is 4.16. The molecular weight excluding hydrogens is 348 g/mol. The van der Waals surface area contributed by atoms with Crippen LogP contribution in [0.15, 0.2) is 78.9 Å². The smallest absolute Gasteiger partial charge is 0.255 e. The molecule has 0 bridgehead atoms. The second kappa shape index (κ2) is 9.00. The van der Waals surface area contributed by atoms with Crippen molar-refractivity contribution in [2.24, 2.45) is 0 Å². The Morgan fingerprint density at radius 2 is 1.32 bits per heavy atom. The van der Waals surface area contributed by atoms with E-state index in [2.05, 4.69) is 24.5 Å². The summed E-state index contributed by atoms with van der Waals surface area (Å²) < 4.78 is 0. The lowest BCUT2D eigenvalue weighted by Crippen LogP contribution is -2.14. The molecule has 0 aliphatic heterocycles. The van der Waals surface area contributed by atoms with Gasteiger partial charge in [-0.1, -0.05) is 56.3 Å². The van der Waals surface area contributed by atoms with Crippen LogP contribution in [0.3, 0.4) is 0 Å². The Bertz CT molecular complexity index is 931. The van der Waals surface area contributed by atoms with Gasteiger partial charge in [-0.15, -0.1) is 0 Å². The normalized spacial score (nSPS) is 10.5. The summed E-state index contributed by atoms with van der Waals surface area (Å²) in [7, 11) is 0. The summed E-state index contributed by atoms with van der Waals surface area (Å²) in [5, 5.41) is 5.74. The molecule has 142 valence electrons. The second-order valence-corrected chi connectivity index (χ2v) is 7.02. The highest BCUT2D eigenvalue weighted by Gasteiger charge is 2.08. The van der Waals surface area contributed by atoms with Crippen LogP contribution in [0.1, 0.15) is 41.3 Å². The first-order valence-electron chi connectivity index (χ1n) is 9.36. The van der Waals surface area contributed by atoms with Gasteiger partial charge in [-0.2, -0.15) is 0 Å². The molecule has 0 unspecified atom stereocenters. The van der Waals surface area contributed by atoms with Crippen LogP contribution in [-0.4, -0.2) is 11.8 Å². The molecule has 0 aliphatic carbocycles. The van der Waals surface area contributed by atoms with Crippen LogP contribution in [0.2, 0.25) is 0 Å². The van der Waals surface area contributed by atoms with E-state index in [1.807, 2.05) is 54.6 Å². The predicted molar refractivity (Wildman–Crippen MR) is 114 cm³/mol. The van der Waals surface area contributed by atoms with Gasteiger partial charge in [-0.25, -0.2) is 0 Å². The van der Waals surface area contributed by atoms with Crippen molar-refractivity contribution in [3.63, 3.8) is 0 Å². The standard InChI is InChI=1S/C24H24N2O2/c1-17(2)19-8-10-20(11-9-19)24(28)26-22-14-12-21(13-15-22)25-23(27)16-18-6-4-3-5-7-18/h3-15,17H,16H2,1-2H3,(H,25,27)(H,26,28). The Kier molecular flexibility index (Phi) is 6.22. The Morgan fingerprint density at radius 1 is 0.750 bits per heavy atom. The summed E-state index contributed by atoms with van der Waals surface area (Å²) in [5.74, 6) is 0.200. The molecule has 3 aromatic carbocycles.